The van der Waals surface area contributed by atoms with E-state index in [1.807, 2.05) is 0 Å². The Morgan fingerprint density at radius 2 is 1.73 bits per heavy atom. The Hall–Kier alpha value is -2.32. The second-order valence-corrected chi connectivity index (χ2v) is 7.51. The Labute approximate surface area is 154 Å². The topological polar surface area (TPSA) is 148 Å². The molecule has 0 unspecified atom stereocenters. The fourth-order valence-corrected chi connectivity index (χ4v) is 2.30. The molecule has 0 saturated carbocycles. The second-order valence-electron chi connectivity index (χ2n) is 7.51. The van der Waals surface area contributed by atoms with Crippen LogP contribution in [-0.4, -0.2) is 47.2 Å². The van der Waals surface area contributed by atoms with Crippen LogP contribution in [0.1, 0.15) is 53.9 Å². The number of ketones is 1. The Bertz CT molecular complexity index is 513. The zero-order chi connectivity index (χ0) is 20.5. The number of carboxylic acid groups (broad SMARTS) is 1. The van der Waals surface area contributed by atoms with Crippen LogP contribution in [0.4, 0.5) is 9.59 Å². The molecular weight excluding hydrogens is 342 g/mol. The minimum absolute atomic E-state index is 0.207. The van der Waals surface area contributed by atoms with Crippen LogP contribution in [0.2, 0.25) is 0 Å². The van der Waals surface area contributed by atoms with Gasteiger partial charge in [-0.05, 0) is 39.5 Å². The normalized spacial score (nSPS) is 13.6. The average Bonchev–Trinajstić information content (AvgIpc) is 2.44. The molecule has 0 fully saturated rings. The van der Waals surface area contributed by atoms with E-state index < -0.39 is 35.7 Å². The van der Waals surface area contributed by atoms with E-state index in [9.17, 15) is 24.3 Å². The highest BCUT2D eigenvalue weighted by Gasteiger charge is 2.30. The fraction of sp³-hybridized carbons (Fsp3) is 0.765. The quantitative estimate of drug-likeness (QED) is 0.428. The molecule has 5 N–H and O–H groups in total. The number of hydrogen-bond donors (Lipinski definition) is 4. The number of urea groups is 1. The second kappa shape index (κ2) is 10.6. The first-order valence-electron chi connectivity index (χ1n) is 8.61. The van der Waals surface area contributed by atoms with E-state index in [4.69, 9.17) is 10.5 Å². The molecule has 0 radical (unpaired) electrons. The summed E-state index contributed by atoms with van der Waals surface area (Å²) in [5.74, 6) is -2.60. The smallest absolute Gasteiger partial charge is 0.408 e. The minimum atomic E-state index is -1.10. The molecule has 0 aliphatic heterocycles. The molecule has 0 aliphatic rings. The van der Waals surface area contributed by atoms with Crippen molar-refractivity contribution in [3.63, 3.8) is 0 Å². The van der Waals surface area contributed by atoms with Crippen molar-refractivity contribution in [2.24, 2.45) is 17.6 Å². The van der Waals surface area contributed by atoms with E-state index >= 15 is 0 Å². The number of primary amides is 1. The van der Waals surface area contributed by atoms with Crippen LogP contribution >= 0.6 is 0 Å². The molecule has 0 spiro atoms. The van der Waals surface area contributed by atoms with Crippen molar-refractivity contribution in [2.45, 2.75) is 65.5 Å². The van der Waals surface area contributed by atoms with Crippen molar-refractivity contribution >= 4 is 23.9 Å². The van der Waals surface area contributed by atoms with Gasteiger partial charge in [0.15, 0.2) is 5.78 Å². The van der Waals surface area contributed by atoms with Gasteiger partial charge < -0.3 is 26.2 Å². The van der Waals surface area contributed by atoms with Crippen LogP contribution in [0.3, 0.4) is 0 Å². The van der Waals surface area contributed by atoms with Gasteiger partial charge >= 0.3 is 18.1 Å². The van der Waals surface area contributed by atoms with Crippen molar-refractivity contribution in [3.05, 3.63) is 0 Å². The van der Waals surface area contributed by atoms with Gasteiger partial charge in [-0.15, -0.1) is 0 Å². The van der Waals surface area contributed by atoms with Crippen LogP contribution in [0, 0.1) is 11.8 Å². The monoisotopic (exact) mass is 373 g/mol. The summed E-state index contributed by atoms with van der Waals surface area (Å²) in [6.07, 6.45) is -0.357. The van der Waals surface area contributed by atoms with Gasteiger partial charge in [-0.2, -0.15) is 0 Å². The van der Waals surface area contributed by atoms with E-state index in [1.165, 1.54) is 0 Å². The molecule has 9 nitrogen and oxygen atoms in total. The number of nitrogens with two attached hydrogens (primary N) is 1. The first kappa shape index (κ1) is 23.7. The highest BCUT2D eigenvalue weighted by atomic mass is 16.6. The number of amides is 3. The lowest BCUT2D eigenvalue weighted by Gasteiger charge is -2.25. The third-order valence-corrected chi connectivity index (χ3v) is 3.51. The van der Waals surface area contributed by atoms with Crippen molar-refractivity contribution < 1.29 is 29.0 Å². The van der Waals surface area contributed by atoms with Crippen LogP contribution in [0.5, 0.6) is 0 Å². The number of carbonyl (C=O) groups is 4. The maximum atomic E-state index is 12.5. The number of rotatable bonds is 10. The lowest BCUT2D eigenvalue weighted by atomic mass is 9.90. The van der Waals surface area contributed by atoms with Gasteiger partial charge in [0, 0.05) is 13.0 Å². The summed E-state index contributed by atoms with van der Waals surface area (Å²) in [6, 6.07) is -1.52. The maximum absolute atomic E-state index is 12.5. The lowest BCUT2D eigenvalue weighted by molar-refractivity contribution is -0.144. The molecule has 3 amide bonds. The number of alkyl carbamates (subject to hydrolysis) is 1. The number of carbonyl (C=O) groups excluding carboxylic acids is 3. The van der Waals surface area contributed by atoms with Crippen molar-refractivity contribution in [2.75, 3.05) is 6.54 Å². The van der Waals surface area contributed by atoms with E-state index in [2.05, 4.69) is 10.6 Å². The Morgan fingerprint density at radius 3 is 2.15 bits per heavy atom. The van der Waals surface area contributed by atoms with Crippen molar-refractivity contribution in [3.8, 4) is 0 Å². The highest BCUT2D eigenvalue weighted by molar-refractivity contribution is 5.90. The number of ether oxygens (including phenoxy) is 1. The summed E-state index contributed by atoms with van der Waals surface area (Å²) in [4.78, 5) is 46.4. The number of nitrogens with one attached hydrogen (secondary N) is 2. The summed E-state index contributed by atoms with van der Waals surface area (Å²) in [6.45, 7) is 8.87. The Balaban J connectivity index is 4.80. The number of Topliss-reactive ketones (excluding diaryl/α,β-unsaturated/α-hetero) is 1. The first-order chi connectivity index (χ1) is 11.8. The molecule has 0 aromatic heterocycles. The summed E-state index contributed by atoms with van der Waals surface area (Å²) < 4.78 is 5.15. The molecule has 0 heterocycles. The van der Waals surface area contributed by atoms with E-state index in [0.717, 1.165) is 0 Å². The molecule has 150 valence electrons. The predicted octanol–water partition coefficient (Wildman–Crippen LogP) is 1.64. The largest absolute Gasteiger partial charge is 0.481 e. The number of hydrogen-bond acceptors (Lipinski definition) is 5. The molecular formula is C17H31N3O6. The predicted molar refractivity (Wildman–Crippen MR) is 95.6 cm³/mol. The molecule has 9 heteroatoms. The number of aliphatic carboxylic acids is 1. The van der Waals surface area contributed by atoms with Crippen LogP contribution in [0.25, 0.3) is 0 Å². The molecule has 0 rings (SSSR count). The molecule has 0 aromatic carbocycles. The van der Waals surface area contributed by atoms with Crippen molar-refractivity contribution in [1.82, 2.24) is 10.6 Å². The maximum Gasteiger partial charge on any atom is 0.408 e. The third-order valence-electron chi connectivity index (χ3n) is 3.51. The standard InChI is InChI=1S/C17H31N3O6/c1-10(2)13(20-16(25)26-17(3,4)5)12(21)9-11(14(22)23)7-6-8-19-15(18)24/h10-11,13H,6-9H2,1-5H3,(H,20,25)(H,22,23)(H3,18,19,24)/t11-,13+/m1/s1. The van der Waals surface area contributed by atoms with Crippen LogP contribution in [0.15, 0.2) is 0 Å². The molecule has 26 heavy (non-hydrogen) atoms. The lowest BCUT2D eigenvalue weighted by Crippen LogP contribution is -2.47. The van der Waals surface area contributed by atoms with Gasteiger partial charge in [-0.1, -0.05) is 13.8 Å². The zero-order valence-electron chi connectivity index (χ0n) is 16.1. The van der Waals surface area contributed by atoms with Crippen LogP contribution in [-0.2, 0) is 14.3 Å². The Kier molecular flexibility index (Phi) is 9.67. The van der Waals surface area contributed by atoms with Gasteiger partial charge in [-0.25, -0.2) is 9.59 Å². The van der Waals surface area contributed by atoms with Crippen LogP contribution < -0.4 is 16.4 Å². The van der Waals surface area contributed by atoms with Gasteiger partial charge in [0.25, 0.3) is 0 Å². The summed E-state index contributed by atoms with van der Waals surface area (Å²) in [5, 5.41) is 14.2. The molecule has 0 bridgehead atoms. The van der Waals surface area contributed by atoms with Gasteiger partial charge in [0.1, 0.15) is 5.60 Å². The minimum Gasteiger partial charge on any atom is -0.481 e. The third kappa shape index (κ3) is 10.5. The number of carboxylic acids is 1. The molecule has 2 atom stereocenters. The van der Waals surface area contributed by atoms with E-state index in [1.54, 1.807) is 34.6 Å². The fourth-order valence-electron chi connectivity index (χ4n) is 2.30. The first-order valence-corrected chi connectivity index (χ1v) is 8.61. The molecule has 0 saturated heterocycles. The summed E-state index contributed by atoms with van der Waals surface area (Å²) >= 11 is 0. The molecule has 0 aliphatic carbocycles. The van der Waals surface area contributed by atoms with Crippen molar-refractivity contribution in [1.29, 1.82) is 0 Å². The Morgan fingerprint density at radius 1 is 1.15 bits per heavy atom. The zero-order valence-corrected chi connectivity index (χ0v) is 16.1. The van der Waals surface area contributed by atoms with E-state index in [-0.39, 0.29) is 31.1 Å². The van der Waals surface area contributed by atoms with E-state index in [0.29, 0.717) is 6.42 Å². The summed E-state index contributed by atoms with van der Waals surface area (Å²) in [7, 11) is 0. The van der Waals surface area contributed by atoms with Gasteiger partial charge in [-0.3, -0.25) is 9.59 Å². The molecule has 0 aromatic rings. The van der Waals surface area contributed by atoms with Gasteiger partial charge in [0.05, 0.1) is 12.0 Å². The highest BCUT2D eigenvalue weighted by Crippen LogP contribution is 2.17. The SMILES string of the molecule is CC(C)[C@H](NC(=O)OC(C)(C)C)C(=O)C[C@@H](CCCNC(N)=O)C(=O)O. The average molecular weight is 373 g/mol. The van der Waals surface area contributed by atoms with Gasteiger partial charge in [0.2, 0.25) is 0 Å². The summed E-state index contributed by atoms with van der Waals surface area (Å²) in [5.41, 5.74) is 4.24.